The maximum atomic E-state index is 12.9. The van der Waals surface area contributed by atoms with E-state index in [2.05, 4.69) is 9.97 Å². The van der Waals surface area contributed by atoms with Crippen molar-refractivity contribution in [2.24, 2.45) is 0 Å². The molecular formula is C22H22N2O8. The summed E-state index contributed by atoms with van der Waals surface area (Å²) in [5.41, 5.74) is -1.80. The number of aromatic amines is 2. The molecule has 3 aromatic rings. The molecule has 0 aliphatic heterocycles. The Morgan fingerprint density at radius 1 is 0.844 bits per heavy atom. The fraction of sp³-hybridized carbons (Fsp3) is 0.227. The molecule has 0 amide bonds. The molecule has 0 bridgehead atoms. The SMILES string of the molecule is COc1cc(C(=O)O)c(C(c2c(O)cc(C)[nH]c2=O)c2c(O)cc(C)[nH]c2=O)cc1OC. The van der Waals surface area contributed by atoms with Gasteiger partial charge in [-0.05, 0) is 43.7 Å². The molecule has 0 saturated heterocycles. The predicted molar refractivity (Wildman–Crippen MR) is 114 cm³/mol. The van der Waals surface area contributed by atoms with Crippen LogP contribution in [0.1, 0.15) is 44.4 Å². The molecule has 0 radical (unpaired) electrons. The number of methoxy groups -OCH3 is 2. The fourth-order valence-corrected chi connectivity index (χ4v) is 3.70. The van der Waals surface area contributed by atoms with Crippen LogP contribution in [0, 0.1) is 13.8 Å². The number of carboxylic acids is 1. The van der Waals surface area contributed by atoms with Crippen LogP contribution in [0.3, 0.4) is 0 Å². The highest BCUT2D eigenvalue weighted by Crippen LogP contribution is 2.42. The van der Waals surface area contributed by atoms with Crippen molar-refractivity contribution in [1.82, 2.24) is 9.97 Å². The number of aromatic carboxylic acids is 1. The zero-order valence-electron chi connectivity index (χ0n) is 17.8. The Balaban J connectivity index is 2.53. The van der Waals surface area contributed by atoms with Gasteiger partial charge in [0, 0.05) is 11.4 Å². The molecule has 168 valence electrons. The van der Waals surface area contributed by atoms with E-state index in [1.54, 1.807) is 13.8 Å². The lowest BCUT2D eigenvalue weighted by Crippen LogP contribution is -2.26. The molecule has 0 spiro atoms. The summed E-state index contributed by atoms with van der Waals surface area (Å²) in [5, 5.41) is 31.1. The molecule has 0 fully saturated rings. The lowest BCUT2D eigenvalue weighted by molar-refractivity contribution is 0.0695. The van der Waals surface area contributed by atoms with Crippen molar-refractivity contribution in [3.8, 4) is 23.0 Å². The molecule has 0 aliphatic rings. The normalized spacial score (nSPS) is 10.9. The summed E-state index contributed by atoms with van der Waals surface area (Å²) < 4.78 is 10.5. The van der Waals surface area contributed by atoms with Gasteiger partial charge >= 0.3 is 5.97 Å². The summed E-state index contributed by atoms with van der Waals surface area (Å²) in [5.74, 6) is -3.53. The van der Waals surface area contributed by atoms with Crippen LogP contribution in [0.5, 0.6) is 23.0 Å². The maximum absolute atomic E-state index is 12.9. The summed E-state index contributed by atoms with van der Waals surface area (Å²) >= 11 is 0. The average molecular weight is 442 g/mol. The van der Waals surface area contributed by atoms with Crippen LogP contribution < -0.4 is 20.6 Å². The molecule has 2 heterocycles. The number of rotatable bonds is 6. The van der Waals surface area contributed by atoms with Crippen molar-refractivity contribution in [2.75, 3.05) is 14.2 Å². The number of carbonyl (C=O) groups is 1. The van der Waals surface area contributed by atoms with E-state index in [4.69, 9.17) is 9.47 Å². The molecule has 1 aromatic carbocycles. The minimum Gasteiger partial charge on any atom is -0.507 e. The molecule has 10 nitrogen and oxygen atoms in total. The second-order valence-electron chi connectivity index (χ2n) is 7.19. The monoisotopic (exact) mass is 442 g/mol. The lowest BCUT2D eigenvalue weighted by Gasteiger charge is -2.22. The number of nitrogens with one attached hydrogen (secondary N) is 2. The minimum absolute atomic E-state index is 0.0653. The smallest absolute Gasteiger partial charge is 0.336 e. The molecule has 5 N–H and O–H groups in total. The number of aromatic hydroxyl groups is 2. The van der Waals surface area contributed by atoms with Gasteiger partial charge in [0.15, 0.2) is 11.5 Å². The fourth-order valence-electron chi connectivity index (χ4n) is 3.70. The second kappa shape index (κ2) is 8.50. The van der Waals surface area contributed by atoms with Crippen molar-refractivity contribution >= 4 is 5.97 Å². The average Bonchev–Trinajstić information content (AvgIpc) is 2.70. The van der Waals surface area contributed by atoms with Crippen LogP contribution >= 0.6 is 0 Å². The molecule has 0 unspecified atom stereocenters. The minimum atomic E-state index is -1.45. The van der Waals surface area contributed by atoms with Crippen molar-refractivity contribution in [3.05, 3.63) is 78.6 Å². The first kappa shape index (κ1) is 22.5. The highest BCUT2D eigenvalue weighted by molar-refractivity contribution is 5.91. The Morgan fingerprint density at radius 3 is 1.66 bits per heavy atom. The van der Waals surface area contributed by atoms with Gasteiger partial charge < -0.3 is 34.8 Å². The highest BCUT2D eigenvalue weighted by Gasteiger charge is 2.33. The van der Waals surface area contributed by atoms with Crippen LogP contribution in [0.15, 0.2) is 33.9 Å². The van der Waals surface area contributed by atoms with Gasteiger partial charge in [0.05, 0.1) is 36.8 Å². The Kier molecular flexibility index (Phi) is 5.97. The van der Waals surface area contributed by atoms with Gasteiger partial charge in [-0.25, -0.2) is 4.79 Å². The second-order valence-corrected chi connectivity index (χ2v) is 7.19. The highest BCUT2D eigenvalue weighted by atomic mass is 16.5. The van der Waals surface area contributed by atoms with E-state index in [9.17, 15) is 29.7 Å². The maximum Gasteiger partial charge on any atom is 0.336 e. The van der Waals surface area contributed by atoms with Crippen molar-refractivity contribution in [1.29, 1.82) is 0 Å². The molecule has 0 atom stereocenters. The summed E-state index contributed by atoms with van der Waals surface area (Å²) in [4.78, 5) is 43.0. The number of benzene rings is 1. The molecule has 0 aliphatic carbocycles. The molecule has 2 aromatic heterocycles. The van der Waals surface area contributed by atoms with Crippen LogP contribution in [0.2, 0.25) is 0 Å². The van der Waals surface area contributed by atoms with Gasteiger partial charge in [-0.3, -0.25) is 9.59 Å². The van der Waals surface area contributed by atoms with Gasteiger partial charge in [-0.15, -0.1) is 0 Å². The zero-order chi connectivity index (χ0) is 23.7. The third kappa shape index (κ3) is 3.89. The van der Waals surface area contributed by atoms with Gasteiger partial charge in [0.1, 0.15) is 11.5 Å². The van der Waals surface area contributed by atoms with Crippen molar-refractivity contribution in [2.45, 2.75) is 19.8 Å². The van der Waals surface area contributed by atoms with Gasteiger partial charge in [-0.2, -0.15) is 0 Å². The number of aromatic nitrogens is 2. The number of carboxylic acid groups (broad SMARTS) is 1. The van der Waals surface area contributed by atoms with E-state index in [0.29, 0.717) is 11.4 Å². The van der Waals surface area contributed by atoms with Gasteiger partial charge in [0.25, 0.3) is 11.1 Å². The molecule has 10 heteroatoms. The van der Waals surface area contributed by atoms with Crippen LogP contribution in [0.4, 0.5) is 0 Å². The summed E-state index contributed by atoms with van der Waals surface area (Å²) in [7, 11) is 2.66. The van der Waals surface area contributed by atoms with E-state index in [1.165, 1.54) is 38.5 Å². The first-order chi connectivity index (χ1) is 15.1. The lowest BCUT2D eigenvalue weighted by atomic mass is 9.82. The standard InChI is InChI=1S/C22H22N2O8/c1-9-5-13(25)18(20(27)23-9)17(19-14(26)6-10(2)24-21(19)28)11-7-15(31-3)16(32-4)8-12(11)22(29)30/h5-8,17H,1-4H3,(H,29,30)(H2,23,25,27)(H2,24,26,28). The Morgan fingerprint density at radius 2 is 1.28 bits per heavy atom. The third-order valence-electron chi connectivity index (χ3n) is 5.04. The van der Waals surface area contributed by atoms with Crippen LogP contribution in [-0.4, -0.2) is 45.5 Å². The summed E-state index contributed by atoms with van der Waals surface area (Å²) in [6, 6.07) is 5.02. The van der Waals surface area contributed by atoms with E-state index < -0.39 is 34.5 Å². The van der Waals surface area contributed by atoms with Crippen LogP contribution in [0.25, 0.3) is 0 Å². The molecular weight excluding hydrogens is 420 g/mol. The topological polar surface area (TPSA) is 162 Å². The largest absolute Gasteiger partial charge is 0.507 e. The van der Waals surface area contributed by atoms with Crippen LogP contribution in [-0.2, 0) is 0 Å². The Hall–Kier alpha value is -4.21. The first-order valence-corrected chi connectivity index (χ1v) is 9.43. The van der Waals surface area contributed by atoms with E-state index in [0.717, 1.165) is 0 Å². The van der Waals surface area contributed by atoms with E-state index >= 15 is 0 Å². The summed E-state index contributed by atoms with van der Waals surface area (Å²) in [6.45, 7) is 3.10. The number of pyridine rings is 2. The first-order valence-electron chi connectivity index (χ1n) is 9.43. The quantitative estimate of drug-likeness (QED) is 0.387. The number of aryl methyl sites for hydroxylation is 2. The Labute approximate surface area is 181 Å². The van der Waals surface area contributed by atoms with E-state index in [-0.39, 0.29) is 33.8 Å². The van der Waals surface area contributed by atoms with Crippen molar-refractivity contribution < 1.29 is 29.6 Å². The molecule has 3 rings (SSSR count). The number of ether oxygens (including phenoxy) is 2. The predicted octanol–water partition coefficient (Wildman–Crippen LogP) is 1.99. The number of hydrogen-bond acceptors (Lipinski definition) is 7. The Bertz CT molecular complexity index is 1260. The molecule has 0 saturated carbocycles. The number of hydrogen-bond donors (Lipinski definition) is 5. The third-order valence-corrected chi connectivity index (χ3v) is 5.04. The van der Waals surface area contributed by atoms with Gasteiger partial charge in [0.2, 0.25) is 0 Å². The van der Waals surface area contributed by atoms with Gasteiger partial charge in [-0.1, -0.05) is 0 Å². The summed E-state index contributed by atoms with van der Waals surface area (Å²) in [6.07, 6.45) is 0. The van der Waals surface area contributed by atoms with Crippen molar-refractivity contribution in [3.63, 3.8) is 0 Å². The molecule has 32 heavy (non-hydrogen) atoms. The van der Waals surface area contributed by atoms with E-state index in [1.807, 2.05) is 0 Å². The number of H-pyrrole nitrogens is 2. The zero-order valence-corrected chi connectivity index (χ0v) is 17.8.